The molecular weight excluding hydrogens is 190 g/mol. The molecule has 0 aliphatic carbocycles. The lowest BCUT2D eigenvalue weighted by Gasteiger charge is -2.02. The largest absolute Gasteiger partial charge is 0.494 e. The van der Waals surface area contributed by atoms with Crippen molar-refractivity contribution in [1.82, 2.24) is 4.98 Å². The van der Waals surface area contributed by atoms with Crippen LogP contribution in [0.25, 0.3) is 11.3 Å². The van der Waals surface area contributed by atoms with E-state index in [1.165, 1.54) is 0 Å². The fourth-order valence-corrected chi connectivity index (χ4v) is 1.38. The topological polar surface area (TPSA) is 35.3 Å². The molecule has 1 aromatic carbocycles. The van der Waals surface area contributed by atoms with E-state index in [1.54, 1.807) is 6.20 Å². The van der Waals surface area contributed by atoms with Gasteiger partial charge < -0.3 is 9.15 Å². The van der Waals surface area contributed by atoms with Crippen LogP contribution >= 0.6 is 0 Å². The Labute approximate surface area is 88.7 Å². The normalized spacial score (nSPS) is 10.3. The van der Waals surface area contributed by atoms with Crippen molar-refractivity contribution in [1.29, 1.82) is 0 Å². The number of nitrogens with zero attached hydrogens (tertiary/aromatic N) is 1. The number of rotatable bonds is 3. The van der Waals surface area contributed by atoms with Gasteiger partial charge >= 0.3 is 0 Å². The van der Waals surface area contributed by atoms with Gasteiger partial charge in [-0.05, 0) is 31.2 Å². The molecule has 0 fully saturated rings. The number of aryl methyl sites for hydroxylation is 1. The molecule has 3 heteroatoms. The molecule has 0 N–H and O–H groups in total. The molecule has 0 aliphatic heterocycles. The van der Waals surface area contributed by atoms with Crippen molar-refractivity contribution in [2.75, 3.05) is 6.61 Å². The van der Waals surface area contributed by atoms with Crippen LogP contribution < -0.4 is 4.74 Å². The van der Waals surface area contributed by atoms with Crippen LogP contribution in [0.3, 0.4) is 0 Å². The predicted molar refractivity (Wildman–Crippen MR) is 57.8 cm³/mol. The van der Waals surface area contributed by atoms with Crippen molar-refractivity contribution in [3.05, 3.63) is 36.4 Å². The highest BCUT2D eigenvalue weighted by molar-refractivity contribution is 5.57. The van der Waals surface area contributed by atoms with Gasteiger partial charge in [-0.2, -0.15) is 0 Å². The van der Waals surface area contributed by atoms with E-state index in [1.807, 2.05) is 38.1 Å². The smallest absolute Gasteiger partial charge is 0.191 e. The Balaban J connectivity index is 2.23. The second-order valence-electron chi connectivity index (χ2n) is 3.20. The third-order valence-electron chi connectivity index (χ3n) is 2.07. The minimum absolute atomic E-state index is 0.680. The lowest BCUT2D eigenvalue weighted by atomic mass is 10.2. The fraction of sp³-hybridized carbons (Fsp3) is 0.250. The highest BCUT2D eigenvalue weighted by Gasteiger charge is 2.03. The average Bonchev–Trinajstić information content (AvgIpc) is 2.67. The van der Waals surface area contributed by atoms with E-state index in [2.05, 4.69) is 4.98 Å². The van der Waals surface area contributed by atoms with Gasteiger partial charge in [0.15, 0.2) is 11.7 Å². The molecule has 15 heavy (non-hydrogen) atoms. The second-order valence-corrected chi connectivity index (χ2v) is 3.20. The van der Waals surface area contributed by atoms with E-state index in [4.69, 9.17) is 9.15 Å². The third-order valence-corrected chi connectivity index (χ3v) is 2.07. The first-order valence-electron chi connectivity index (χ1n) is 4.95. The van der Waals surface area contributed by atoms with Gasteiger partial charge in [0.2, 0.25) is 0 Å². The third kappa shape index (κ3) is 2.18. The molecule has 0 bridgehead atoms. The average molecular weight is 203 g/mol. The standard InChI is InChI=1S/C12H13NO2/c1-3-14-11-6-4-10(5-7-11)12-8-13-9(2)15-12/h4-8H,3H2,1-2H3. The molecular formula is C12H13NO2. The Morgan fingerprint density at radius 3 is 2.53 bits per heavy atom. The Morgan fingerprint density at radius 2 is 2.00 bits per heavy atom. The summed E-state index contributed by atoms with van der Waals surface area (Å²) < 4.78 is 10.8. The Bertz CT molecular complexity index is 431. The van der Waals surface area contributed by atoms with Gasteiger partial charge in [0.25, 0.3) is 0 Å². The first-order valence-corrected chi connectivity index (χ1v) is 4.95. The Kier molecular flexibility index (Phi) is 2.72. The maximum absolute atomic E-state index is 5.42. The first-order chi connectivity index (χ1) is 7.29. The number of oxazole rings is 1. The van der Waals surface area contributed by atoms with Crippen molar-refractivity contribution < 1.29 is 9.15 Å². The SMILES string of the molecule is CCOc1ccc(-c2cnc(C)o2)cc1. The van der Waals surface area contributed by atoms with E-state index in [0.29, 0.717) is 12.5 Å². The quantitative estimate of drug-likeness (QED) is 0.769. The number of hydrogen-bond donors (Lipinski definition) is 0. The van der Waals surface area contributed by atoms with Gasteiger partial charge in [-0.1, -0.05) is 0 Å². The summed E-state index contributed by atoms with van der Waals surface area (Å²) >= 11 is 0. The second kappa shape index (κ2) is 4.17. The molecule has 2 aromatic rings. The molecule has 1 heterocycles. The Morgan fingerprint density at radius 1 is 1.27 bits per heavy atom. The molecule has 0 amide bonds. The minimum atomic E-state index is 0.680. The van der Waals surface area contributed by atoms with Gasteiger partial charge in [-0.15, -0.1) is 0 Å². The summed E-state index contributed by atoms with van der Waals surface area (Å²) in [5.74, 6) is 2.34. The molecule has 0 aliphatic rings. The number of benzene rings is 1. The summed E-state index contributed by atoms with van der Waals surface area (Å²) in [4.78, 5) is 4.05. The van der Waals surface area contributed by atoms with Gasteiger partial charge in [0.05, 0.1) is 12.8 Å². The zero-order valence-corrected chi connectivity index (χ0v) is 8.86. The van der Waals surface area contributed by atoms with Gasteiger partial charge in [-0.3, -0.25) is 0 Å². The van der Waals surface area contributed by atoms with E-state index >= 15 is 0 Å². The first kappa shape index (κ1) is 9.77. The molecule has 1 aromatic heterocycles. The van der Waals surface area contributed by atoms with Crippen LogP contribution in [0.4, 0.5) is 0 Å². The van der Waals surface area contributed by atoms with Crippen molar-refractivity contribution in [3.63, 3.8) is 0 Å². The summed E-state index contributed by atoms with van der Waals surface area (Å²) in [6, 6.07) is 7.78. The monoisotopic (exact) mass is 203 g/mol. The number of aromatic nitrogens is 1. The van der Waals surface area contributed by atoms with Crippen molar-refractivity contribution in [3.8, 4) is 17.1 Å². The van der Waals surface area contributed by atoms with Crippen molar-refractivity contribution in [2.24, 2.45) is 0 Å². The van der Waals surface area contributed by atoms with Crippen LogP contribution in [0, 0.1) is 6.92 Å². The van der Waals surface area contributed by atoms with Crippen LogP contribution in [0.2, 0.25) is 0 Å². The zero-order valence-electron chi connectivity index (χ0n) is 8.86. The molecule has 0 radical (unpaired) electrons. The lowest BCUT2D eigenvalue weighted by molar-refractivity contribution is 0.340. The van der Waals surface area contributed by atoms with E-state index in [-0.39, 0.29) is 0 Å². The van der Waals surface area contributed by atoms with Crippen LogP contribution in [0.15, 0.2) is 34.9 Å². The molecule has 0 spiro atoms. The molecule has 78 valence electrons. The predicted octanol–water partition coefficient (Wildman–Crippen LogP) is 3.05. The van der Waals surface area contributed by atoms with Crippen LogP contribution in [0.1, 0.15) is 12.8 Å². The van der Waals surface area contributed by atoms with Crippen LogP contribution in [0.5, 0.6) is 5.75 Å². The molecule has 0 saturated carbocycles. The van der Waals surface area contributed by atoms with Gasteiger partial charge in [0.1, 0.15) is 5.75 Å². The number of ether oxygens (including phenoxy) is 1. The van der Waals surface area contributed by atoms with Gasteiger partial charge in [-0.25, -0.2) is 4.98 Å². The highest BCUT2D eigenvalue weighted by atomic mass is 16.5. The van der Waals surface area contributed by atoms with E-state index in [9.17, 15) is 0 Å². The maximum Gasteiger partial charge on any atom is 0.191 e. The Hall–Kier alpha value is -1.77. The van der Waals surface area contributed by atoms with Gasteiger partial charge in [0, 0.05) is 12.5 Å². The number of hydrogen-bond acceptors (Lipinski definition) is 3. The summed E-state index contributed by atoms with van der Waals surface area (Å²) in [7, 11) is 0. The molecule has 0 unspecified atom stereocenters. The van der Waals surface area contributed by atoms with E-state index in [0.717, 1.165) is 17.1 Å². The fourth-order valence-electron chi connectivity index (χ4n) is 1.38. The summed E-state index contributed by atoms with van der Waals surface area (Å²) in [6.07, 6.45) is 1.73. The summed E-state index contributed by atoms with van der Waals surface area (Å²) in [6.45, 7) is 4.48. The lowest BCUT2D eigenvalue weighted by Crippen LogP contribution is -1.90. The summed E-state index contributed by atoms with van der Waals surface area (Å²) in [5.41, 5.74) is 1.01. The summed E-state index contributed by atoms with van der Waals surface area (Å²) in [5, 5.41) is 0. The maximum atomic E-state index is 5.42. The molecule has 3 nitrogen and oxygen atoms in total. The van der Waals surface area contributed by atoms with Crippen molar-refractivity contribution >= 4 is 0 Å². The zero-order chi connectivity index (χ0) is 10.7. The molecule has 0 atom stereocenters. The van der Waals surface area contributed by atoms with Crippen LogP contribution in [-0.4, -0.2) is 11.6 Å². The minimum Gasteiger partial charge on any atom is -0.494 e. The molecule has 0 saturated heterocycles. The highest BCUT2D eigenvalue weighted by Crippen LogP contribution is 2.22. The van der Waals surface area contributed by atoms with E-state index < -0.39 is 0 Å². The van der Waals surface area contributed by atoms with Crippen molar-refractivity contribution in [2.45, 2.75) is 13.8 Å². The molecule has 2 rings (SSSR count). The van der Waals surface area contributed by atoms with Crippen LogP contribution in [-0.2, 0) is 0 Å².